The van der Waals surface area contributed by atoms with Gasteiger partial charge in [0.05, 0.1) is 12.2 Å². The molecule has 0 bridgehead atoms. The molecule has 0 saturated heterocycles. The highest BCUT2D eigenvalue weighted by atomic mass is 127. The second kappa shape index (κ2) is 10.2. The van der Waals surface area contributed by atoms with Crippen molar-refractivity contribution in [3.63, 3.8) is 0 Å². The number of nitrogens with zero attached hydrogens (tertiary/aromatic N) is 3. The highest BCUT2D eigenvalue weighted by Gasteiger charge is 2.13. The van der Waals surface area contributed by atoms with Gasteiger partial charge in [-0.1, -0.05) is 38.5 Å². The lowest BCUT2D eigenvalue weighted by atomic mass is 10.0. The van der Waals surface area contributed by atoms with Gasteiger partial charge in [-0.25, -0.2) is 4.98 Å². The summed E-state index contributed by atoms with van der Waals surface area (Å²) in [5.74, 6) is 1.87. The fourth-order valence-corrected chi connectivity index (χ4v) is 4.04. The summed E-state index contributed by atoms with van der Waals surface area (Å²) < 4.78 is 2.06. The predicted octanol–water partition coefficient (Wildman–Crippen LogP) is 4.04. The van der Waals surface area contributed by atoms with E-state index in [2.05, 4.69) is 31.2 Å². The molecule has 0 radical (unpaired) electrons. The van der Waals surface area contributed by atoms with E-state index in [1.54, 1.807) is 11.3 Å². The van der Waals surface area contributed by atoms with Crippen LogP contribution >= 0.6 is 35.3 Å². The number of fused-ring (bicyclic) bond motifs is 1. The Morgan fingerprint density at radius 1 is 1.33 bits per heavy atom. The summed E-state index contributed by atoms with van der Waals surface area (Å²) in [7, 11) is 1.82. The molecule has 5 nitrogen and oxygen atoms in total. The standard InChI is InChI=1S/C17H27N5S.HI/c1-18-16(19-9-5-4-8-14-6-2-3-7-14)20-12-15-13-22-10-11-23-17(22)21-15;/h10-11,13-14H,2-9,12H2,1H3,(H2,18,19,20);1H. The Labute approximate surface area is 165 Å². The molecule has 0 aromatic carbocycles. The number of rotatable bonds is 7. The lowest BCUT2D eigenvalue weighted by Crippen LogP contribution is -2.37. The van der Waals surface area contributed by atoms with Gasteiger partial charge in [-0.3, -0.25) is 9.39 Å². The third kappa shape index (κ3) is 5.61. The molecule has 2 aromatic rings. The molecular formula is C17H28IN5S. The van der Waals surface area contributed by atoms with E-state index in [9.17, 15) is 0 Å². The van der Waals surface area contributed by atoms with Crippen LogP contribution in [-0.2, 0) is 6.54 Å². The lowest BCUT2D eigenvalue weighted by molar-refractivity contribution is 0.472. The first-order valence-corrected chi connectivity index (χ1v) is 9.58. The van der Waals surface area contributed by atoms with E-state index >= 15 is 0 Å². The maximum Gasteiger partial charge on any atom is 0.193 e. The van der Waals surface area contributed by atoms with Crippen molar-refractivity contribution >= 4 is 46.2 Å². The molecule has 24 heavy (non-hydrogen) atoms. The molecule has 134 valence electrons. The average Bonchev–Trinajstić information content (AvgIpc) is 3.26. The van der Waals surface area contributed by atoms with Gasteiger partial charge in [-0.05, 0) is 12.3 Å². The van der Waals surface area contributed by atoms with Crippen molar-refractivity contribution in [3.05, 3.63) is 23.5 Å². The summed E-state index contributed by atoms with van der Waals surface area (Å²) in [6.45, 7) is 1.70. The molecule has 0 aliphatic heterocycles. The predicted molar refractivity (Wildman–Crippen MR) is 112 cm³/mol. The van der Waals surface area contributed by atoms with Gasteiger partial charge >= 0.3 is 0 Å². The Balaban J connectivity index is 0.00000208. The summed E-state index contributed by atoms with van der Waals surface area (Å²) in [5, 5.41) is 8.78. The van der Waals surface area contributed by atoms with Crippen LogP contribution in [-0.4, -0.2) is 28.9 Å². The van der Waals surface area contributed by atoms with Crippen molar-refractivity contribution in [1.82, 2.24) is 20.0 Å². The summed E-state index contributed by atoms with van der Waals surface area (Å²) >= 11 is 1.66. The smallest absolute Gasteiger partial charge is 0.193 e. The highest BCUT2D eigenvalue weighted by molar-refractivity contribution is 14.0. The Kier molecular flexibility index (Phi) is 8.31. The van der Waals surface area contributed by atoms with Crippen LogP contribution in [0.5, 0.6) is 0 Å². The van der Waals surface area contributed by atoms with Gasteiger partial charge in [0.1, 0.15) is 0 Å². The molecule has 2 heterocycles. The molecule has 0 spiro atoms. The molecule has 1 aliphatic carbocycles. The zero-order chi connectivity index (χ0) is 15.9. The van der Waals surface area contributed by atoms with E-state index in [1.165, 1.54) is 44.9 Å². The van der Waals surface area contributed by atoms with Crippen LogP contribution in [0.4, 0.5) is 0 Å². The van der Waals surface area contributed by atoms with Crippen molar-refractivity contribution in [2.24, 2.45) is 10.9 Å². The van der Waals surface area contributed by atoms with Crippen molar-refractivity contribution in [2.45, 2.75) is 51.5 Å². The third-order valence-electron chi connectivity index (χ3n) is 4.61. The molecule has 7 heteroatoms. The van der Waals surface area contributed by atoms with E-state index in [4.69, 9.17) is 0 Å². The number of hydrogen-bond acceptors (Lipinski definition) is 3. The Bertz CT molecular complexity index is 601. The SMILES string of the molecule is CN=C(NCCCCC1CCCC1)NCc1cn2ccsc2n1.I. The maximum atomic E-state index is 4.57. The molecule has 2 N–H and O–H groups in total. The van der Waals surface area contributed by atoms with Crippen LogP contribution in [0.3, 0.4) is 0 Å². The monoisotopic (exact) mass is 461 g/mol. The van der Waals surface area contributed by atoms with E-state index in [0.717, 1.165) is 29.1 Å². The molecule has 0 atom stereocenters. The number of aromatic nitrogens is 2. The van der Waals surface area contributed by atoms with Crippen LogP contribution in [0, 0.1) is 5.92 Å². The first kappa shape index (κ1) is 19.5. The van der Waals surface area contributed by atoms with Crippen LogP contribution < -0.4 is 10.6 Å². The lowest BCUT2D eigenvalue weighted by Gasteiger charge is -2.12. The zero-order valence-corrected chi connectivity index (χ0v) is 17.5. The second-order valence-electron chi connectivity index (χ2n) is 6.32. The first-order chi connectivity index (χ1) is 11.3. The number of aliphatic imine (C=N–C) groups is 1. The van der Waals surface area contributed by atoms with Gasteiger partial charge in [-0.15, -0.1) is 35.3 Å². The molecular weight excluding hydrogens is 433 g/mol. The molecule has 2 aromatic heterocycles. The minimum Gasteiger partial charge on any atom is -0.356 e. The fraction of sp³-hybridized carbons (Fsp3) is 0.647. The number of nitrogens with one attached hydrogen (secondary N) is 2. The van der Waals surface area contributed by atoms with Crippen molar-refractivity contribution in [1.29, 1.82) is 0 Å². The molecule has 1 saturated carbocycles. The number of halogens is 1. The second-order valence-corrected chi connectivity index (χ2v) is 7.20. The van der Waals surface area contributed by atoms with Crippen molar-refractivity contribution in [2.75, 3.05) is 13.6 Å². The minimum atomic E-state index is 0. The Hall–Kier alpha value is -0.830. The molecule has 1 fully saturated rings. The quantitative estimate of drug-likeness (QED) is 0.283. The first-order valence-electron chi connectivity index (χ1n) is 8.71. The number of unbranched alkanes of at least 4 members (excludes halogenated alkanes) is 1. The van der Waals surface area contributed by atoms with E-state index < -0.39 is 0 Å². The van der Waals surface area contributed by atoms with Gasteiger partial charge in [0, 0.05) is 31.4 Å². The number of guanidine groups is 1. The molecule has 0 amide bonds. The zero-order valence-electron chi connectivity index (χ0n) is 14.3. The number of hydrogen-bond donors (Lipinski definition) is 2. The topological polar surface area (TPSA) is 53.7 Å². The summed E-state index contributed by atoms with van der Waals surface area (Å²) in [4.78, 5) is 9.89. The highest BCUT2D eigenvalue weighted by Crippen LogP contribution is 2.28. The summed E-state index contributed by atoms with van der Waals surface area (Å²) in [6, 6.07) is 0. The van der Waals surface area contributed by atoms with Gasteiger partial charge < -0.3 is 10.6 Å². The number of imidazole rings is 1. The van der Waals surface area contributed by atoms with Gasteiger partial charge in [0.2, 0.25) is 0 Å². The summed E-state index contributed by atoms with van der Waals surface area (Å²) in [5.41, 5.74) is 1.04. The number of thiazole rings is 1. The molecule has 0 unspecified atom stereocenters. The van der Waals surface area contributed by atoms with Gasteiger partial charge in [0.15, 0.2) is 10.9 Å². The third-order valence-corrected chi connectivity index (χ3v) is 5.38. The van der Waals surface area contributed by atoms with E-state index in [1.807, 2.05) is 18.6 Å². The van der Waals surface area contributed by atoms with Gasteiger partial charge in [0.25, 0.3) is 0 Å². The normalized spacial score (nSPS) is 15.6. The van der Waals surface area contributed by atoms with Crippen LogP contribution in [0.1, 0.15) is 50.6 Å². The molecule has 1 aliphatic rings. The van der Waals surface area contributed by atoms with Crippen LogP contribution in [0.15, 0.2) is 22.8 Å². The maximum absolute atomic E-state index is 4.57. The van der Waals surface area contributed by atoms with E-state index in [-0.39, 0.29) is 24.0 Å². The Morgan fingerprint density at radius 2 is 2.17 bits per heavy atom. The Morgan fingerprint density at radius 3 is 2.92 bits per heavy atom. The van der Waals surface area contributed by atoms with Crippen LogP contribution in [0.25, 0.3) is 4.96 Å². The fourth-order valence-electron chi connectivity index (χ4n) is 3.32. The minimum absolute atomic E-state index is 0. The van der Waals surface area contributed by atoms with Gasteiger partial charge in [-0.2, -0.15) is 0 Å². The van der Waals surface area contributed by atoms with Crippen LogP contribution in [0.2, 0.25) is 0 Å². The largest absolute Gasteiger partial charge is 0.356 e. The van der Waals surface area contributed by atoms with Crippen molar-refractivity contribution < 1.29 is 0 Å². The average molecular weight is 461 g/mol. The molecule has 3 rings (SSSR count). The van der Waals surface area contributed by atoms with E-state index in [0.29, 0.717) is 6.54 Å². The van der Waals surface area contributed by atoms with Crippen molar-refractivity contribution in [3.8, 4) is 0 Å². The summed E-state index contributed by atoms with van der Waals surface area (Å²) in [6.07, 6.45) is 13.9.